The van der Waals surface area contributed by atoms with Crippen molar-refractivity contribution in [1.29, 1.82) is 0 Å². The average molecular weight is 322 g/mol. The number of nitrogens with zero attached hydrogens (tertiary/aromatic N) is 1. The number of nitrogens with one attached hydrogen (secondary N) is 1. The van der Waals surface area contributed by atoms with E-state index in [2.05, 4.69) is 17.2 Å². The van der Waals surface area contributed by atoms with Gasteiger partial charge in [0, 0.05) is 11.3 Å². The minimum Gasteiger partial charge on any atom is -0.438 e. The van der Waals surface area contributed by atoms with E-state index < -0.39 is 0 Å². The van der Waals surface area contributed by atoms with Gasteiger partial charge >= 0.3 is 0 Å². The van der Waals surface area contributed by atoms with Gasteiger partial charge in [-0.15, -0.1) is 0 Å². The van der Waals surface area contributed by atoms with E-state index in [1.165, 1.54) is 0 Å². The molecule has 0 saturated carbocycles. The highest BCUT2D eigenvalue weighted by molar-refractivity contribution is 5.60. The third-order valence-electron chi connectivity index (χ3n) is 3.95. The second-order valence-electron chi connectivity index (χ2n) is 5.77. The summed E-state index contributed by atoms with van der Waals surface area (Å²) in [6, 6.07) is 17.7. The third kappa shape index (κ3) is 3.49. The lowest BCUT2D eigenvalue weighted by Gasteiger charge is -2.12. The Kier molecular flexibility index (Phi) is 4.96. The normalized spacial score (nSPS) is 12.1. The quantitative estimate of drug-likeness (QED) is 0.698. The van der Waals surface area contributed by atoms with E-state index in [1.54, 1.807) is 0 Å². The molecule has 3 rings (SSSR count). The van der Waals surface area contributed by atoms with Crippen LogP contribution in [0.15, 0.2) is 59.0 Å². The van der Waals surface area contributed by atoms with Crippen LogP contribution in [0.25, 0.3) is 11.3 Å². The van der Waals surface area contributed by atoms with Gasteiger partial charge in [0.05, 0.1) is 12.3 Å². The van der Waals surface area contributed by atoms with E-state index >= 15 is 0 Å². The highest BCUT2D eigenvalue weighted by Crippen LogP contribution is 2.29. The number of aliphatic hydroxyl groups is 1. The molecule has 0 fully saturated rings. The Labute approximate surface area is 142 Å². The molecule has 0 aliphatic rings. The predicted molar refractivity (Wildman–Crippen MR) is 95.7 cm³/mol. The average Bonchev–Trinajstić information content (AvgIpc) is 3.07. The molecule has 4 heteroatoms. The number of aryl methyl sites for hydroxylation is 1. The monoisotopic (exact) mass is 322 g/mol. The number of hydrogen-bond donors (Lipinski definition) is 2. The summed E-state index contributed by atoms with van der Waals surface area (Å²) in [6.07, 6.45) is 0.820. The first-order valence-electron chi connectivity index (χ1n) is 8.22. The Morgan fingerprint density at radius 2 is 1.92 bits per heavy atom. The molecule has 1 heterocycles. The topological polar surface area (TPSA) is 58.3 Å². The predicted octanol–water partition coefficient (Wildman–Crippen LogP) is 4.57. The number of rotatable bonds is 6. The zero-order chi connectivity index (χ0) is 16.9. The molecule has 1 atom stereocenters. The lowest BCUT2D eigenvalue weighted by molar-refractivity contribution is 0.282. The van der Waals surface area contributed by atoms with Gasteiger partial charge in [-0.1, -0.05) is 49.4 Å². The molecule has 2 aromatic carbocycles. The molecule has 4 nitrogen and oxygen atoms in total. The molecule has 0 radical (unpaired) electrons. The van der Waals surface area contributed by atoms with Crippen LogP contribution in [0.3, 0.4) is 0 Å². The molecule has 0 aliphatic heterocycles. The summed E-state index contributed by atoms with van der Waals surface area (Å²) in [5.41, 5.74) is 3.82. The van der Waals surface area contributed by atoms with E-state index in [0.717, 1.165) is 34.7 Å². The van der Waals surface area contributed by atoms with Crippen molar-refractivity contribution in [2.24, 2.45) is 0 Å². The van der Waals surface area contributed by atoms with Gasteiger partial charge in [-0.05, 0) is 31.0 Å². The summed E-state index contributed by atoms with van der Waals surface area (Å²) in [5, 5.41) is 12.6. The summed E-state index contributed by atoms with van der Waals surface area (Å²) in [4.78, 5) is 4.67. The number of oxazole rings is 1. The van der Waals surface area contributed by atoms with Gasteiger partial charge in [0.2, 0.25) is 5.89 Å². The summed E-state index contributed by atoms with van der Waals surface area (Å²) < 4.78 is 6.06. The van der Waals surface area contributed by atoms with Gasteiger partial charge in [-0.3, -0.25) is 0 Å². The Bertz CT molecular complexity index is 796. The van der Waals surface area contributed by atoms with Gasteiger partial charge in [-0.25, -0.2) is 4.98 Å². The molecule has 0 aliphatic carbocycles. The van der Waals surface area contributed by atoms with Crippen LogP contribution in [0.5, 0.6) is 0 Å². The molecule has 2 N–H and O–H groups in total. The molecular formula is C20H22N2O2. The molecule has 0 spiro atoms. The third-order valence-corrected chi connectivity index (χ3v) is 3.95. The second-order valence-corrected chi connectivity index (χ2v) is 5.77. The van der Waals surface area contributed by atoms with Crippen molar-refractivity contribution in [3.05, 3.63) is 71.7 Å². The van der Waals surface area contributed by atoms with Crippen molar-refractivity contribution in [1.82, 2.24) is 4.98 Å². The van der Waals surface area contributed by atoms with E-state index in [1.807, 2.05) is 61.5 Å². The molecule has 124 valence electrons. The number of anilines is 1. The minimum absolute atomic E-state index is 0.0288. The SMILES string of the molecule is CCc1nc(C(C)Nc2cccc(CO)c2)oc1-c1ccccc1. The Morgan fingerprint density at radius 1 is 1.12 bits per heavy atom. The van der Waals surface area contributed by atoms with Crippen molar-refractivity contribution in [3.63, 3.8) is 0 Å². The van der Waals surface area contributed by atoms with Crippen LogP contribution in [0.1, 0.15) is 37.0 Å². The molecule has 3 aromatic rings. The Hall–Kier alpha value is -2.59. The number of aliphatic hydroxyl groups excluding tert-OH is 1. The van der Waals surface area contributed by atoms with Crippen LogP contribution in [-0.4, -0.2) is 10.1 Å². The first kappa shape index (κ1) is 16.3. The fraction of sp³-hybridized carbons (Fsp3) is 0.250. The maximum Gasteiger partial charge on any atom is 0.217 e. The molecule has 1 aromatic heterocycles. The van der Waals surface area contributed by atoms with E-state index in [0.29, 0.717) is 5.89 Å². The summed E-state index contributed by atoms with van der Waals surface area (Å²) in [5.74, 6) is 1.51. The van der Waals surface area contributed by atoms with Crippen LogP contribution in [-0.2, 0) is 13.0 Å². The van der Waals surface area contributed by atoms with Crippen LogP contribution in [0, 0.1) is 0 Å². The van der Waals surface area contributed by atoms with Crippen molar-refractivity contribution in [2.45, 2.75) is 32.9 Å². The standard InChI is InChI=1S/C20H22N2O2/c1-3-18-19(16-9-5-4-6-10-16)24-20(22-18)14(2)21-17-11-7-8-15(12-17)13-23/h4-12,14,21,23H,3,13H2,1-2H3. The first-order chi connectivity index (χ1) is 11.7. The number of hydrogen-bond acceptors (Lipinski definition) is 4. The first-order valence-corrected chi connectivity index (χ1v) is 8.22. The maximum absolute atomic E-state index is 9.25. The van der Waals surface area contributed by atoms with E-state index in [9.17, 15) is 5.11 Å². The minimum atomic E-state index is -0.0679. The van der Waals surface area contributed by atoms with Crippen LogP contribution < -0.4 is 5.32 Å². The zero-order valence-electron chi connectivity index (χ0n) is 14.0. The van der Waals surface area contributed by atoms with Gasteiger partial charge in [0.1, 0.15) is 6.04 Å². The van der Waals surface area contributed by atoms with Crippen molar-refractivity contribution >= 4 is 5.69 Å². The molecule has 0 bridgehead atoms. The molecule has 1 unspecified atom stereocenters. The van der Waals surface area contributed by atoms with Crippen LogP contribution in [0.2, 0.25) is 0 Å². The number of aromatic nitrogens is 1. The van der Waals surface area contributed by atoms with Gasteiger partial charge in [0.15, 0.2) is 5.76 Å². The fourth-order valence-corrected chi connectivity index (χ4v) is 2.68. The highest BCUT2D eigenvalue weighted by atomic mass is 16.4. The van der Waals surface area contributed by atoms with Crippen LogP contribution in [0.4, 0.5) is 5.69 Å². The van der Waals surface area contributed by atoms with E-state index in [-0.39, 0.29) is 12.6 Å². The van der Waals surface area contributed by atoms with Crippen molar-refractivity contribution < 1.29 is 9.52 Å². The molecule has 0 saturated heterocycles. The van der Waals surface area contributed by atoms with Crippen molar-refractivity contribution in [2.75, 3.05) is 5.32 Å². The summed E-state index contributed by atoms with van der Waals surface area (Å²) >= 11 is 0. The van der Waals surface area contributed by atoms with Gasteiger partial charge in [-0.2, -0.15) is 0 Å². The highest BCUT2D eigenvalue weighted by Gasteiger charge is 2.18. The van der Waals surface area contributed by atoms with Crippen LogP contribution >= 0.6 is 0 Å². The summed E-state index contributed by atoms with van der Waals surface area (Å²) in [6.45, 7) is 4.13. The zero-order valence-corrected chi connectivity index (χ0v) is 14.0. The van der Waals surface area contributed by atoms with E-state index in [4.69, 9.17) is 4.42 Å². The van der Waals surface area contributed by atoms with Gasteiger partial charge in [0.25, 0.3) is 0 Å². The Balaban J connectivity index is 1.85. The molecule has 0 amide bonds. The second kappa shape index (κ2) is 7.32. The maximum atomic E-state index is 9.25. The van der Waals surface area contributed by atoms with Crippen molar-refractivity contribution in [3.8, 4) is 11.3 Å². The lowest BCUT2D eigenvalue weighted by atomic mass is 10.1. The largest absolute Gasteiger partial charge is 0.438 e. The summed E-state index contributed by atoms with van der Waals surface area (Å²) in [7, 11) is 0. The fourth-order valence-electron chi connectivity index (χ4n) is 2.68. The Morgan fingerprint density at radius 3 is 2.62 bits per heavy atom. The smallest absolute Gasteiger partial charge is 0.217 e. The molecular weight excluding hydrogens is 300 g/mol. The molecule has 24 heavy (non-hydrogen) atoms. The number of benzene rings is 2. The lowest BCUT2D eigenvalue weighted by Crippen LogP contribution is -2.07. The van der Waals surface area contributed by atoms with Gasteiger partial charge < -0.3 is 14.8 Å².